The molecule has 0 spiro atoms. The minimum Gasteiger partial charge on any atom is -0.448 e. The first-order chi connectivity index (χ1) is 15.2. The Balaban J connectivity index is 5.16. The summed E-state index contributed by atoms with van der Waals surface area (Å²) >= 11 is 0. The molecule has 188 valence electrons. The SMILES string of the molecule is C=C(C)C(=O)ON(CCC(C)(C)CC(C)CN(OC(=O)C(=C)C)C(=O)OCC)C(=O)OCC. The van der Waals surface area contributed by atoms with Crippen LogP contribution in [-0.2, 0) is 28.7 Å². The summed E-state index contributed by atoms with van der Waals surface area (Å²) in [6, 6.07) is 0. The second-order valence-electron chi connectivity index (χ2n) is 8.60. The van der Waals surface area contributed by atoms with Crippen LogP contribution in [0, 0.1) is 11.3 Å². The molecule has 0 saturated carbocycles. The Labute approximate surface area is 196 Å². The smallest absolute Gasteiger partial charge is 0.443 e. The topological polar surface area (TPSA) is 112 Å². The molecule has 2 amide bonds. The maximum atomic E-state index is 12.2. The first kappa shape index (κ1) is 30.0. The zero-order chi connectivity index (χ0) is 25.8. The van der Waals surface area contributed by atoms with Gasteiger partial charge in [0.15, 0.2) is 0 Å². The zero-order valence-corrected chi connectivity index (χ0v) is 20.9. The molecule has 0 fully saturated rings. The Morgan fingerprint density at radius 2 is 1.27 bits per heavy atom. The summed E-state index contributed by atoms with van der Waals surface area (Å²) in [4.78, 5) is 58.3. The number of hydroxylamine groups is 4. The predicted octanol–water partition coefficient (Wildman–Crippen LogP) is 4.41. The highest BCUT2D eigenvalue weighted by molar-refractivity contribution is 5.88. The van der Waals surface area contributed by atoms with Crippen molar-refractivity contribution in [3.63, 3.8) is 0 Å². The van der Waals surface area contributed by atoms with Crippen molar-refractivity contribution in [1.29, 1.82) is 0 Å². The van der Waals surface area contributed by atoms with Crippen LogP contribution in [0.4, 0.5) is 9.59 Å². The fourth-order valence-electron chi connectivity index (χ4n) is 2.87. The Morgan fingerprint density at radius 1 is 0.848 bits per heavy atom. The second kappa shape index (κ2) is 14.2. The van der Waals surface area contributed by atoms with Crippen molar-refractivity contribution in [1.82, 2.24) is 10.1 Å². The molecular weight excluding hydrogens is 432 g/mol. The molecule has 0 aliphatic rings. The lowest BCUT2D eigenvalue weighted by Gasteiger charge is -2.32. The van der Waals surface area contributed by atoms with Gasteiger partial charge in [-0.15, -0.1) is 10.1 Å². The number of ether oxygens (including phenoxy) is 2. The number of rotatable bonds is 11. The second-order valence-corrected chi connectivity index (χ2v) is 8.60. The summed E-state index contributed by atoms with van der Waals surface area (Å²) in [6.07, 6.45) is -0.475. The average molecular weight is 471 g/mol. The number of carbonyl (C=O) groups excluding carboxylic acids is 4. The van der Waals surface area contributed by atoms with E-state index in [1.54, 1.807) is 13.8 Å². The van der Waals surface area contributed by atoms with Gasteiger partial charge in [-0.25, -0.2) is 19.2 Å². The number of hydrogen-bond acceptors (Lipinski definition) is 8. The summed E-state index contributed by atoms with van der Waals surface area (Å²) in [7, 11) is 0. The molecule has 33 heavy (non-hydrogen) atoms. The lowest BCUT2D eigenvalue weighted by molar-refractivity contribution is -0.180. The largest absolute Gasteiger partial charge is 0.448 e. The molecule has 0 aliphatic heterocycles. The van der Waals surface area contributed by atoms with E-state index in [4.69, 9.17) is 19.1 Å². The van der Waals surface area contributed by atoms with E-state index < -0.39 is 24.1 Å². The van der Waals surface area contributed by atoms with Gasteiger partial charge in [-0.2, -0.15) is 0 Å². The molecule has 0 aliphatic carbocycles. The van der Waals surface area contributed by atoms with Gasteiger partial charge in [-0.3, -0.25) is 0 Å². The van der Waals surface area contributed by atoms with Gasteiger partial charge in [-0.05, 0) is 51.9 Å². The van der Waals surface area contributed by atoms with E-state index in [-0.39, 0.29) is 48.8 Å². The number of hydrogen-bond donors (Lipinski definition) is 0. The van der Waals surface area contributed by atoms with Crippen LogP contribution in [-0.4, -0.2) is 60.6 Å². The minimum absolute atomic E-state index is 0.101. The number of amides is 2. The number of carbonyl (C=O) groups is 4. The summed E-state index contributed by atoms with van der Waals surface area (Å²) in [6.45, 7) is 19.6. The van der Waals surface area contributed by atoms with Crippen molar-refractivity contribution in [3.05, 3.63) is 24.3 Å². The Morgan fingerprint density at radius 3 is 1.70 bits per heavy atom. The monoisotopic (exact) mass is 470 g/mol. The van der Waals surface area contributed by atoms with Crippen LogP contribution in [0.2, 0.25) is 0 Å². The van der Waals surface area contributed by atoms with Gasteiger partial charge in [0.25, 0.3) is 0 Å². The van der Waals surface area contributed by atoms with Gasteiger partial charge in [0, 0.05) is 11.1 Å². The van der Waals surface area contributed by atoms with E-state index in [0.29, 0.717) is 12.8 Å². The van der Waals surface area contributed by atoms with E-state index in [1.807, 2.05) is 20.8 Å². The highest BCUT2D eigenvalue weighted by atomic mass is 16.8. The Kier molecular flexibility index (Phi) is 12.9. The van der Waals surface area contributed by atoms with Crippen LogP contribution in [0.5, 0.6) is 0 Å². The lowest BCUT2D eigenvalue weighted by atomic mass is 9.80. The summed E-state index contributed by atoms with van der Waals surface area (Å²) < 4.78 is 9.92. The van der Waals surface area contributed by atoms with E-state index in [1.165, 1.54) is 13.8 Å². The van der Waals surface area contributed by atoms with Gasteiger partial charge >= 0.3 is 24.1 Å². The van der Waals surface area contributed by atoms with Crippen molar-refractivity contribution in [2.45, 2.75) is 61.3 Å². The van der Waals surface area contributed by atoms with Crippen LogP contribution in [0.25, 0.3) is 0 Å². The summed E-state index contributed by atoms with van der Waals surface area (Å²) in [5.74, 6) is -1.55. The third-order valence-electron chi connectivity index (χ3n) is 4.40. The summed E-state index contributed by atoms with van der Waals surface area (Å²) in [5.41, 5.74) is -0.0282. The first-order valence-electron chi connectivity index (χ1n) is 10.9. The van der Waals surface area contributed by atoms with Crippen LogP contribution in [0.1, 0.15) is 61.3 Å². The molecule has 1 atom stereocenters. The van der Waals surface area contributed by atoms with Gasteiger partial charge in [0.05, 0.1) is 26.3 Å². The normalized spacial score (nSPS) is 11.6. The molecule has 0 radical (unpaired) electrons. The highest BCUT2D eigenvalue weighted by Gasteiger charge is 2.29. The molecule has 0 aromatic heterocycles. The highest BCUT2D eigenvalue weighted by Crippen LogP contribution is 2.30. The fourth-order valence-corrected chi connectivity index (χ4v) is 2.87. The predicted molar refractivity (Wildman–Crippen MR) is 121 cm³/mol. The van der Waals surface area contributed by atoms with E-state index in [9.17, 15) is 19.2 Å². The minimum atomic E-state index is -0.767. The Hall–Kier alpha value is -3.04. The molecular formula is C23H38N2O8. The molecule has 0 aromatic rings. The van der Waals surface area contributed by atoms with Crippen LogP contribution < -0.4 is 0 Å². The molecule has 0 bridgehead atoms. The van der Waals surface area contributed by atoms with Crippen molar-refractivity contribution >= 4 is 24.1 Å². The van der Waals surface area contributed by atoms with E-state index in [2.05, 4.69) is 13.2 Å². The Bertz CT molecular complexity index is 732. The quantitative estimate of drug-likeness (QED) is 0.322. The van der Waals surface area contributed by atoms with Gasteiger partial charge in [0.1, 0.15) is 0 Å². The number of nitrogens with zero attached hydrogens (tertiary/aromatic N) is 2. The first-order valence-corrected chi connectivity index (χ1v) is 10.9. The van der Waals surface area contributed by atoms with Crippen LogP contribution >= 0.6 is 0 Å². The maximum absolute atomic E-state index is 12.2. The van der Waals surface area contributed by atoms with Crippen molar-refractivity contribution in [2.75, 3.05) is 26.3 Å². The van der Waals surface area contributed by atoms with Gasteiger partial charge in [-0.1, -0.05) is 33.9 Å². The average Bonchev–Trinajstić information content (AvgIpc) is 2.69. The van der Waals surface area contributed by atoms with E-state index in [0.717, 1.165) is 10.1 Å². The molecule has 0 saturated heterocycles. The molecule has 0 rings (SSSR count). The molecule has 0 aromatic carbocycles. The van der Waals surface area contributed by atoms with Gasteiger partial charge in [0.2, 0.25) is 0 Å². The summed E-state index contributed by atoms with van der Waals surface area (Å²) in [5, 5.41) is 1.77. The molecule has 10 heteroatoms. The molecule has 0 heterocycles. The third-order valence-corrected chi connectivity index (χ3v) is 4.40. The van der Waals surface area contributed by atoms with Crippen LogP contribution in [0.15, 0.2) is 24.3 Å². The zero-order valence-electron chi connectivity index (χ0n) is 20.9. The van der Waals surface area contributed by atoms with Crippen molar-refractivity contribution in [3.8, 4) is 0 Å². The van der Waals surface area contributed by atoms with E-state index >= 15 is 0 Å². The molecule has 0 N–H and O–H groups in total. The third kappa shape index (κ3) is 12.0. The van der Waals surface area contributed by atoms with Crippen molar-refractivity contribution < 1.29 is 38.3 Å². The fraction of sp³-hybridized carbons (Fsp3) is 0.652. The molecule has 1 unspecified atom stereocenters. The van der Waals surface area contributed by atoms with Gasteiger partial charge < -0.3 is 19.1 Å². The lowest BCUT2D eigenvalue weighted by Crippen LogP contribution is -2.39. The molecule has 10 nitrogen and oxygen atoms in total. The maximum Gasteiger partial charge on any atom is 0.443 e. The van der Waals surface area contributed by atoms with Crippen LogP contribution in [0.3, 0.4) is 0 Å². The van der Waals surface area contributed by atoms with Crippen molar-refractivity contribution in [2.24, 2.45) is 11.3 Å². The standard InChI is InChI=1S/C23H38N2O8/c1-10-30-21(28)24(32-19(26)16(3)4)13-12-23(8,9)14-18(7)15-25(22(29)31-11-2)33-20(27)17(5)6/h18H,3,5,10-15H2,1-2,4,6-9H3.